The topological polar surface area (TPSA) is 30.5 Å². The van der Waals surface area contributed by atoms with Gasteiger partial charge in [0.25, 0.3) is 0 Å². The third kappa shape index (κ3) is 5.87. The van der Waals surface area contributed by atoms with Crippen LogP contribution in [-0.2, 0) is 6.54 Å². The lowest BCUT2D eigenvalue weighted by Gasteiger charge is -2.13. The summed E-state index contributed by atoms with van der Waals surface area (Å²) in [5.41, 5.74) is 1.01. The van der Waals surface area contributed by atoms with Crippen molar-refractivity contribution in [2.75, 3.05) is 13.2 Å². The third-order valence-corrected chi connectivity index (χ3v) is 3.52. The van der Waals surface area contributed by atoms with E-state index in [1.54, 1.807) is 18.2 Å². The van der Waals surface area contributed by atoms with Crippen LogP contribution in [0.4, 0.5) is 8.78 Å². The first kappa shape index (κ1) is 16.0. The lowest BCUT2D eigenvalue weighted by molar-refractivity contribution is -0.0514. The van der Waals surface area contributed by atoms with Crippen LogP contribution in [0.2, 0.25) is 0 Å². The molecule has 1 aromatic carbocycles. The zero-order chi connectivity index (χ0) is 15.1. The van der Waals surface area contributed by atoms with E-state index in [1.807, 2.05) is 6.92 Å². The third-order valence-electron chi connectivity index (χ3n) is 3.52. The van der Waals surface area contributed by atoms with E-state index in [9.17, 15) is 8.78 Å². The highest BCUT2D eigenvalue weighted by Crippen LogP contribution is 2.33. The highest BCUT2D eigenvalue weighted by Gasteiger charge is 2.19. The van der Waals surface area contributed by atoms with Crippen LogP contribution in [0.15, 0.2) is 18.2 Å². The summed E-state index contributed by atoms with van der Waals surface area (Å²) in [6.07, 6.45) is 5.28. The molecule has 1 saturated carbocycles. The number of rotatable bonds is 10. The molecule has 0 aliphatic heterocycles. The lowest BCUT2D eigenvalue weighted by Crippen LogP contribution is -2.15. The van der Waals surface area contributed by atoms with Crippen LogP contribution in [-0.4, -0.2) is 19.8 Å². The van der Waals surface area contributed by atoms with Gasteiger partial charge in [0.1, 0.15) is 0 Å². The molecule has 5 heteroatoms. The van der Waals surface area contributed by atoms with E-state index >= 15 is 0 Å². The molecule has 118 valence electrons. The molecule has 0 radical (unpaired) electrons. The molecule has 3 nitrogen and oxygen atoms in total. The Kier molecular flexibility index (Phi) is 6.23. The Hall–Kier alpha value is -1.36. The molecule has 0 heterocycles. The summed E-state index contributed by atoms with van der Waals surface area (Å²) in [7, 11) is 0. The second-order valence-electron chi connectivity index (χ2n) is 5.35. The van der Waals surface area contributed by atoms with E-state index in [1.165, 1.54) is 25.7 Å². The Morgan fingerprint density at radius 1 is 1.29 bits per heavy atom. The quantitative estimate of drug-likeness (QED) is 0.663. The van der Waals surface area contributed by atoms with Crippen LogP contribution in [0.25, 0.3) is 0 Å². The fourth-order valence-corrected chi connectivity index (χ4v) is 2.28. The summed E-state index contributed by atoms with van der Waals surface area (Å²) in [6.45, 7) is 1.08. The van der Waals surface area contributed by atoms with Crippen molar-refractivity contribution >= 4 is 0 Å². The molecular weight excluding hydrogens is 276 g/mol. The number of alkyl halides is 2. The predicted molar refractivity (Wildman–Crippen MR) is 77.9 cm³/mol. The molecule has 1 aliphatic carbocycles. The summed E-state index contributed by atoms with van der Waals surface area (Å²) >= 11 is 0. The van der Waals surface area contributed by atoms with Crippen molar-refractivity contribution in [2.24, 2.45) is 5.92 Å². The van der Waals surface area contributed by atoms with Gasteiger partial charge in [0, 0.05) is 6.54 Å². The van der Waals surface area contributed by atoms with Gasteiger partial charge in [-0.3, -0.25) is 0 Å². The standard InChI is InChI=1S/C16H23F2NO2/c1-2-20-15-10-13(7-8-14(15)21-16(17)18)11-19-9-3-4-12-5-6-12/h7-8,10,12,16,19H,2-6,9,11H2,1H3. The number of hydrogen-bond donors (Lipinski definition) is 1. The fourth-order valence-electron chi connectivity index (χ4n) is 2.28. The normalized spacial score (nSPS) is 14.5. The average Bonchev–Trinajstić information content (AvgIpc) is 3.25. The van der Waals surface area contributed by atoms with Gasteiger partial charge >= 0.3 is 6.61 Å². The molecule has 1 aromatic rings. The van der Waals surface area contributed by atoms with E-state index < -0.39 is 6.61 Å². The number of benzene rings is 1. The number of hydrogen-bond acceptors (Lipinski definition) is 3. The van der Waals surface area contributed by atoms with E-state index in [2.05, 4.69) is 10.1 Å². The molecule has 0 unspecified atom stereocenters. The molecule has 0 bridgehead atoms. The van der Waals surface area contributed by atoms with Crippen molar-refractivity contribution in [3.63, 3.8) is 0 Å². The summed E-state index contributed by atoms with van der Waals surface area (Å²) in [4.78, 5) is 0. The maximum absolute atomic E-state index is 12.3. The highest BCUT2D eigenvalue weighted by molar-refractivity contribution is 5.43. The maximum Gasteiger partial charge on any atom is 0.387 e. The summed E-state index contributed by atoms with van der Waals surface area (Å²) in [5, 5.41) is 3.37. The predicted octanol–water partition coefficient (Wildman–Crippen LogP) is 3.97. The van der Waals surface area contributed by atoms with Gasteiger partial charge in [-0.05, 0) is 49.9 Å². The van der Waals surface area contributed by atoms with Gasteiger partial charge in [-0.15, -0.1) is 0 Å². The van der Waals surface area contributed by atoms with Crippen molar-refractivity contribution in [3.8, 4) is 11.5 Å². The number of ether oxygens (including phenoxy) is 2. The van der Waals surface area contributed by atoms with Gasteiger partial charge in [0.15, 0.2) is 11.5 Å². The molecule has 0 aromatic heterocycles. The summed E-state index contributed by atoms with van der Waals surface area (Å²) in [6, 6.07) is 5.08. The Morgan fingerprint density at radius 3 is 2.76 bits per heavy atom. The smallest absolute Gasteiger partial charge is 0.387 e. The lowest BCUT2D eigenvalue weighted by atomic mass is 10.2. The number of nitrogens with one attached hydrogen (secondary N) is 1. The first-order valence-corrected chi connectivity index (χ1v) is 7.60. The minimum atomic E-state index is -2.84. The zero-order valence-corrected chi connectivity index (χ0v) is 12.4. The molecule has 0 spiro atoms. The van der Waals surface area contributed by atoms with Gasteiger partial charge in [-0.25, -0.2) is 0 Å². The molecule has 0 saturated heterocycles. The van der Waals surface area contributed by atoms with Crippen molar-refractivity contribution in [1.82, 2.24) is 5.32 Å². The van der Waals surface area contributed by atoms with Crippen LogP contribution in [0.3, 0.4) is 0 Å². The minimum absolute atomic E-state index is 0.0873. The maximum atomic E-state index is 12.3. The molecular formula is C16H23F2NO2. The first-order chi connectivity index (χ1) is 10.2. The van der Waals surface area contributed by atoms with Crippen molar-refractivity contribution in [1.29, 1.82) is 0 Å². The summed E-state index contributed by atoms with van der Waals surface area (Å²) in [5.74, 6) is 1.42. The molecule has 1 N–H and O–H groups in total. The van der Waals surface area contributed by atoms with Crippen LogP contribution in [0.5, 0.6) is 11.5 Å². The molecule has 2 rings (SSSR count). The average molecular weight is 299 g/mol. The largest absolute Gasteiger partial charge is 0.490 e. The van der Waals surface area contributed by atoms with E-state index in [4.69, 9.17) is 4.74 Å². The minimum Gasteiger partial charge on any atom is -0.490 e. The molecule has 1 fully saturated rings. The Balaban J connectivity index is 1.82. The van der Waals surface area contributed by atoms with Gasteiger partial charge < -0.3 is 14.8 Å². The van der Waals surface area contributed by atoms with Gasteiger partial charge in [0.05, 0.1) is 6.61 Å². The fraction of sp³-hybridized carbons (Fsp3) is 0.625. The van der Waals surface area contributed by atoms with E-state index in [0.717, 1.165) is 18.0 Å². The molecule has 0 amide bonds. The second-order valence-corrected chi connectivity index (χ2v) is 5.35. The van der Waals surface area contributed by atoms with Crippen molar-refractivity contribution in [2.45, 2.75) is 45.8 Å². The van der Waals surface area contributed by atoms with Crippen LogP contribution < -0.4 is 14.8 Å². The Bertz CT molecular complexity index is 436. The Labute approximate surface area is 124 Å². The van der Waals surface area contributed by atoms with Crippen LogP contribution >= 0.6 is 0 Å². The van der Waals surface area contributed by atoms with Crippen LogP contribution in [0.1, 0.15) is 38.2 Å². The monoisotopic (exact) mass is 299 g/mol. The molecule has 21 heavy (non-hydrogen) atoms. The van der Waals surface area contributed by atoms with Crippen LogP contribution in [0, 0.1) is 5.92 Å². The number of halogens is 2. The molecule has 0 atom stereocenters. The first-order valence-electron chi connectivity index (χ1n) is 7.60. The van der Waals surface area contributed by atoms with E-state index in [0.29, 0.717) is 18.9 Å². The summed E-state index contributed by atoms with van der Waals surface area (Å²) < 4.78 is 34.4. The van der Waals surface area contributed by atoms with Gasteiger partial charge in [-0.1, -0.05) is 18.9 Å². The highest BCUT2D eigenvalue weighted by atomic mass is 19.3. The second kappa shape index (κ2) is 8.17. The SMILES string of the molecule is CCOc1cc(CNCCCC2CC2)ccc1OC(F)F. The van der Waals surface area contributed by atoms with Gasteiger partial charge in [-0.2, -0.15) is 8.78 Å². The Morgan fingerprint density at radius 2 is 2.10 bits per heavy atom. The van der Waals surface area contributed by atoms with Crippen molar-refractivity contribution in [3.05, 3.63) is 23.8 Å². The molecule has 1 aliphatic rings. The zero-order valence-electron chi connectivity index (χ0n) is 12.4. The van der Waals surface area contributed by atoms with Crippen molar-refractivity contribution < 1.29 is 18.3 Å². The van der Waals surface area contributed by atoms with E-state index in [-0.39, 0.29) is 5.75 Å². The van der Waals surface area contributed by atoms with Gasteiger partial charge in [0.2, 0.25) is 0 Å².